The molecule has 2 aliphatic rings. The van der Waals surface area contributed by atoms with E-state index in [9.17, 15) is 4.79 Å². The zero-order chi connectivity index (χ0) is 18.9. The molecule has 5 heterocycles. The van der Waals surface area contributed by atoms with E-state index in [0.29, 0.717) is 18.4 Å². The number of fused-ring (bicyclic) bond motifs is 1. The van der Waals surface area contributed by atoms with Crippen LogP contribution in [-0.4, -0.2) is 66.9 Å². The van der Waals surface area contributed by atoms with E-state index in [1.165, 1.54) is 6.20 Å². The maximum absolute atomic E-state index is 11.8. The molecule has 0 radical (unpaired) electrons. The van der Waals surface area contributed by atoms with Crippen LogP contribution in [0.15, 0.2) is 54.2 Å². The molecule has 0 N–H and O–H groups in total. The maximum atomic E-state index is 11.8. The van der Waals surface area contributed by atoms with Gasteiger partial charge in [0.25, 0.3) is 5.56 Å². The average Bonchev–Trinajstić information content (AvgIpc) is 3.44. The summed E-state index contributed by atoms with van der Waals surface area (Å²) in [7, 11) is 0. The zero-order valence-corrected chi connectivity index (χ0v) is 15.5. The molecule has 9 heteroatoms. The SMILES string of the molecule is O=c1cnccn1CCN1CC2CN(c3cc(-n4cccn4)ncn3)CC2C1. The minimum atomic E-state index is -0.0372. The number of nitrogens with zero attached hydrogens (tertiary/aromatic N) is 8. The summed E-state index contributed by atoms with van der Waals surface area (Å²) in [5.74, 6) is 3.02. The summed E-state index contributed by atoms with van der Waals surface area (Å²) in [6.45, 7) is 5.76. The van der Waals surface area contributed by atoms with Gasteiger partial charge in [0.05, 0.1) is 6.20 Å². The van der Waals surface area contributed by atoms with E-state index in [1.54, 1.807) is 34.2 Å². The topological polar surface area (TPSA) is 85.0 Å². The first-order valence-corrected chi connectivity index (χ1v) is 9.56. The quantitative estimate of drug-likeness (QED) is 0.631. The summed E-state index contributed by atoms with van der Waals surface area (Å²) < 4.78 is 3.48. The van der Waals surface area contributed by atoms with Crippen molar-refractivity contribution >= 4 is 5.82 Å². The molecule has 2 atom stereocenters. The van der Waals surface area contributed by atoms with Gasteiger partial charge in [0.15, 0.2) is 5.82 Å². The molecule has 28 heavy (non-hydrogen) atoms. The summed E-state index contributed by atoms with van der Waals surface area (Å²) >= 11 is 0. The Morgan fingerprint density at radius 3 is 2.54 bits per heavy atom. The van der Waals surface area contributed by atoms with Crippen molar-refractivity contribution in [3.8, 4) is 5.82 Å². The number of rotatable bonds is 5. The van der Waals surface area contributed by atoms with Gasteiger partial charge in [0, 0.05) is 70.1 Å². The van der Waals surface area contributed by atoms with Gasteiger partial charge in [-0.1, -0.05) is 0 Å². The standard InChI is InChI=1S/C19H22N8O/c28-19-9-20-3-5-25(19)7-6-24-10-15-12-26(13-16(15)11-24)17-8-18(22-14-21-17)27-4-1-2-23-27/h1-5,8-9,14-16H,6-7,10-13H2. The fourth-order valence-corrected chi connectivity index (χ4v) is 4.31. The Morgan fingerprint density at radius 1 is 0.964 bits per heavy atom. The lowest BCUT2D eigenvalue weighted by atomic mass is 10.0. The summed E-state index contributed by atoms with van der Waals surface area (Å²) in [6.07, 6.45) is 10.0. The van der Waals surface area contributed by atoms with E-state index in [1.807, 2.05) is 18.3 Å². The molecule has 2 fully saturated rings. The van der Waals surface area contributed by atoms with Crippen LogP contribution in [0.1, 0.15) is 0 Å². The molecule has 2 unspecified atom stereocenters. The third-order valence-electron chi connectivity index (χ3n) is 5.72. The van der Waals surface area contributed by atoms with Crippen molar-refractivity contribution < 1.29 is 0 Å². The van der Waals surface area contributed by atoms with Crippen LogP contribution in [0.25, 0.3) is 5.82 Å². The Hall–Kier alpha value is -3.07. The van der Waals surface area contributed by atoms with Crippen LogP contribution in [0.4, 0.5) is 5.82 Å². The second-order valence-corrected chi connectivity index (χ2v) is 7.48. The average molecular weight is 378 g/mol. The number of likely N-dealkylation sites (tertiary alicyclic amines) is 1. The smallest absolute Gasteiger partial charge is 0.269 e. The number of anilines is 1. The lowest BCUT2D eigenvalue weighted by molar-refractivity contribution is 0.300. The van der Waals surface area contributed by atoms with Crippen LogP contribution in [0.2, 0.25) is 0 Å². The van der Waals surface area contributed by atoms with Gasteiger partial charge < -0.3 is 14.4 Å². The summed E-state index contributed by atoms with van der Waals surface area (Å²) in [5.41, 5.74) is -0.0372. The van der Waals surface area contributed by atoms with Gasteiger partial charge in [-0.25, -0.2) is 14.6 Å². The molecule has 9 nitrogen and oxygen atoms in total. The number of hydrogen-bond acceptors (Lipinski definition) is 7. The molecule has 3 aromatic rings. The molecule has 0 spiro atoms. The fourth-order valence-electron chi connectivity index (χ4n) is 4.31. The van der Waals surface area contributed by atoms with Gasteiger partial charge in [-0.3, -0.25) is 9.78 Å². The van der Waals surface area contributed by atoms with Crippen molar-refractivity contribution in [2.45, 2.75) is 6.54 Å². The van der Waals surface area contributed by atoms with E-state index in [4.69, 9.17) is 0 Å². The fraction of sp³-hybridized carbons (Fsp3) is 0.421. The molecule has 0 aromatic carbocycles. The monoisotopic (exact) mass is 378 g/mol. The third-order valence-corrected chi connectivity index (χ3v) is 5.72. The van der Waals surface area contributed by atoms with Crippen LogP contribution in [-0.2, 0) is 6.54 Å². The maximum Gasteiger partial charge on any atom is 0.269 e. The summed E-state index contributed by atoms with van der Waals surface area (Å²) in [5, 5.41) is 4.25. The Bertz CT molecular complexity index is 987. The van der Waals surface area contributed by atoms with E-state index >= 15 is 0 Å². The van der Waals surface area contributed by atoms with Crippen LogP contribution >= 0.6 is 0 Å². The highest BCUT2D eigenvalue weighted by molar-refractivity contribution is 5.44. The largest absolute Gasteiger partial charge is 0.356 e. The van der Waals surface area contributed by atoms with Gasteiger partial charge in [0.1, 0.15) is 12.1 Å². The van der Waals surface area contributed by atoms with Crippen LogP contribution in [0, 0.1) is 11.8 Å². The van der Waals surface area contributed by atoms with Crippen molar-refractivity contribution in [3.63, 3.8) is 0 Å². The molecular formula is C19H22N8O. The Labute approximate surface area is 162 Å². The molecule has 3 aromatic heterocycles. The van der Waals surface area contributed by atoms with E-state index in [-0.39, 0.29) is 5.56 Å². The van der Waals surface area contributed by atoms with E-state index < -0.39 is 0 Å². The number of hydrogen-bond donors (Lipinski definition) is 0. The molecule has 5 rings (SSSR count). The minimum absolute atomic E-state index is 0.0372. The number of aromatic nitrogens is 6. The van der Waals surface area contributed by atoms with Crippen LogP contribution < -0.4 is 10.5 Å². The lowest BCUT2D eigenvalue weighted by Gasteiger charge is -2.22. The van der Waals surface area contributed by atoms with Gasteiger partial charge in [-0.15, -0.1) is 0 Å². The second kappa shape index (κ2) is 7.16. The van der Waals surface area contributed by atoms with Gasteiger partial charge >= 0.3 is 0 Å². The van der Waals surface area contributed by atoms with E-state index in [0.717, 1.165) is 44.4 Å². The van der Waals surface area contributed by atoms with E-state index in [2.05, 4.69) is 29.9 Å². The molecule has 2 aliphatic heterocycles. The molecule has 0 saturated carbocycles. The van der Waals surface area contributed by atoms with Gasteiger partial charge in [-0.05, 0) is 17.9 Å². The highest BCUT2D eigenvalue weighted by Gasteiger charge is 2.40. The molecule has 144 valence electrons. The molecule has 0 amide bonds. The van der Waals surface area contributed by atoms with Crippen molar-refractivity contribution in [1.29, 1.82) is 0 Å². The lowest BCUT2D eigenvalue weighted by Crippen LogP contribution is -2.33. The molecular weight excluding hydrogens is 356 g/mol. The highest BCUT2D eigenvalue weighted by atomic mass is 16.1. The van der Waals surface area contributed by atoms with Crippen molar-refractivity contribution in [2.24, 2.45) is 11.8 Å². The predicted molar refractivity (Wildman–Crippen MR) is 103 cm³/mol. The third kappa shape index (κ3) is 3.29. The minimum Gasteiger partial charge on any atom is -0.356 e. The molecule has 0 aliphatic carbocycles. The highest BCUT2D eigenvalue weighted by Crippen LogP contribution is 2.33. The Kier molecular flexibility index (Phi) is 4.36. The van der Waals surface area contributed by atoms with Crippen molar-refractivity contribution in [2.75, 3.05) is 37.6 Å². The second-order valence-electron chi connectivity index (χ2n) is 7.48. The Morgan fingerprint density at radius 2 is 1.79 bits per heavy atom. The van der Waals surface area contributed by atoms with Crippen molar-refractivity contribution in [1.82, 2.24) is 34.2 Å². The molecule has 0 bridgehead atoms. The normalized spacial score (nSPS) is 21.9. The van der Waals surface area contributed by atoms with Crippen LogP contribution in [0.5, 0.6) is 0 Å². The van der Waals surface area contributed by atoms with Gasteiger partial charge in [-0.2, -0.15) is 5.10 Å². The zero-order valence-electron chi connectivity index (χ0n) is 15.5. The summed E-state index contributed by atoms with van der Waals surface area (Å²) in [4.78, 5) is 29.3. The first kappa shape index (κ1) is 17.1. The summed E-state index contributed by atoms with van der Waals surface area (Å²) in [6, 6.07) is 3.89. The first-order chi connectivity index (χ1) is 13.8. The predicted octanol–water partition coefficient (Wildman–Crippen LogP) is 0.287. The Balaban J connectivity index is 1.20. The van der Waals surface area contributed by atoms with Gasteiger partial charge in [0.2, 0.25) is 0 Å². The van der Waals surface area contributed by atoms with Crippen molar-refractivity contribution in [3.05, 3.63) is 59.8 Å². The molecule has 2 saturated heterocycles. The van der Waals surface area contributed by atoms with Crippen LogP contribution in [0.3, 0.4) is 0 Å². The first-order valence-electron chi connectivity index (χ1n) is 9.56.